The van der Waals surface area contributed by atoms with Crippen LogP contribution in [0.15, 0.2) is 46.2 Å². The Morgan fingerprint density at radius 3 is 1.38 bits per heavy atom. The molecule has 0 aliphatic carbocycles. The Balaban J connectivity index is 1.59. The summed E-state index contributed by atoms with van der Waals surface area (Å²) in [5, 5.41) is 7.49. The molecular formula is C25H34N2S2. The van der Waals surface area contributed by atoms with Crippen LogP contribution in [0, 0.1) is 0 Å². The predicted molar refractivity (Wildman–Crippen MR) is 131 cm³/mol. The Morgan fingerprint density at radius 2 is 1.00 bits per heavy atom. The molecule has 0 bridgehead atoms. The number of anilines is 2. The number of thioether (sulfide) groups is 2. The summed E-state index contributed by atoms with van der Waals surface area (Å²) < 4.78 is 0.288. The highest BCUT2D eigenvalue weighted by molar-refractivity contribution is 8.01. The second-order valence-electron chi connectivity index (χ2n) is 10.6. The number of benzene rings is 2. The van der Waals surface area contributed by atoms with E-state index in [4.69, 9.17) is 0 Å². The lowest BCUT2D eigenvalue weighted by molar-refractivity contribution is 0.442. The van der Waals surface area contributed by atoms with Crippen molar-refractivity contribution in [1.29, 1.82) is 0 Å². The molecule has 2 aromatic carbocycles. The van der Waals surface area contributed by atoms with Crippen LogP contribution in [-0.2, 0) is 6.42 Å². The van der Waals surface area contributed by atoms with Gasteiger partial charge in [-0.1, -0.05) is 12.1 Å². The largest absolute Gasteiger partial charge is 0.378 e. The molecule has 4 heteroatoms. The van der Waals surface area contributed by atoms with Crippen LogP contribution >= 0.6 is 23.5 Å². The van der Waals surface area contributed by atoms with E-state index in [0.29, 0.717) is 0 Å². The Morgan fingerprint density at radius 1 is 0.621 bits per heavy atom. The van der Waals surface area contributed by atoms with Crippen LogP contribution in [0.2, 0.25) is 0 Å². The van der Waals surface area contributed by atoms with Gasteiger partial charge in [-0.15, -0.1) is 23.5 Å². The zero-order chi connectivity index (χ0) is 21.2. The molecule has 0 fully saturated rings. The number of fused-ring (bicyclic) bond motifs is 2. The first kappa shape index (κ1) is 21.0. The van der Waals surface area contributed by atoms with Gasteiger partial charge in [-0.25, -0.2) is 0 Å². The number of hydrogen-bond acceptors (Lipinski definition) is 4. The second kappa shape index (κ2) is 6.62. The van der Waals surface area contributed by atoms with Crippen molar-refractivity contribution < 1.29 is 0 Å². The van der Waals surface area contributed by atoms with Crippen molar-refractivity contribution in [3.05, 3.63) is 47.5 Å². The summed E-state index contributed by atoms with van der Waals surface area (Å²) in [7, 11) is 0. The smallest absolute Gasteiger partial charge is 0.0483 e. The number of nitrogens with one attached hydrogen (secondary N) is 2. The molecule has 0 saturated carbocycles. The van der Waals surface area contributed by atoms with Gasteiger partial charge in [-0.3, -0.25) is 0 Å². The lowest BCUT2D eigenvalue weighted by Gasteiger charge is -2.47. The molecule has 4 rings (SSSR count). The normalized spacial score (nSPS) is 22.6. The molecule has 2 aromatic rings. The molecule has 0 aromatic heterocycles. The van der Waals surface area contributed by atoms with Gasteiger partial charge in [0, 0.05) is 41.7 Å². The SMILES string of the molecule is CC1(C)Nc2ccc(Cc3ccc4c(c3)SC(C)(C)C(C)(C)N4)cc2SC1(C)C. The fourth-order valence-corrected chi connectivity index (χ4v) is 6.33. The molecule has 0 spiro atoms. The first-order valence-electron chi connectivity index (χ1n) is 10.5. The standard InChI is InChI=1S/C25H34N2S2/c1-22(2)24(5,6)28-20-14-16(9-11-18(20)26-22)13-17-10-12-19-21(15-17)29-25(7,8)23(3,4)27-19/h9-12,14-15,26-27H,13H2,1-8H3. The molecule has 0 unspecified atom stereocenters. The van der Waals surface area contributed by atoms with Gasteiger partial charge in [0.05, 0.1) is 0 Å². The summed E-state index contributed by atoms with van der Waals surface area (Å²) in [6.45, 7) is 18.5. The van der Waals surface area contributed by atoms with Crippen LogP contribution in [0.3, 0.4) is 0 Å². The van der Waals surface area contributed by atoms with Crippen molar-refractivity contribution in [2.24, 2.45) is 0 Å². The maximum atomic E-state index is 3.74. The van der Waals surface area contributed by atoms with Crippen molar-refractivity contribution in [2.75, 3.05) is 10.6 Å². The molecule has 2 aliphatic heterocycles. The van der Waals surface area contributed by atoms with Crippen LogP contribution in [0.25, 0.3) is 0 Å². The highest BCUT2D eigenvalue weighted by Crippen LogP contribution is 2.51. The predicted octanol–water partition coefficient (Wildman–Crippen LogP) is 7.43. The molecule has 29 heavy (non-hydrogen) atoms. The fourth-order valence-electron chi connectivity index (χ4n) is 3.74. The molecule has 2 aliphatic rings. The highest BCUT2D eigenvalue weighted by Gasteiger charge is 2.43. The van der Waals surface area contributed by atoms with E-state index in [0.717, 1.165) is 6.42 Å². The van der Waals surface area contributed by atoms with Crippen molar-refractivity contribution >= 4 is 34.9 Å². The van der Waals surface area contributed by atoms with Gasteiger partial charge in [0.15, 0.2) is 0 Å². The van der Waals surface area contributed by atoms with E-state index in [-0.39, 0.29) is 20.6 Å². The minimum absolute atomic E-state index is 0.0650. The van der Waals surface area contributed by atoms with Crippen molar-refractivity contribution in [1.82, 2.24) is 0 Å². The topological polar surface area (TPSA) is 24.1 Å². The molecular weight excluding hydrogens is 392 g/mol. The third kappa shape index (κ3) is 3.67. The zero-order valence-electron chi connectivity index (χ0n) is 19.0. The van der Waals surface area contributed by atoms with Gasteiger partial charge in [0.1, 0.15) is 0 Å². The minimum Gasteiger partial charge on any atom is -0.378 e. The summed E-state index contributed by atoms with van der Waals surface area (Å²) in [5.74, 6) is 0. The first-order chi connectivity index (χ1) is 13.3. The second-order valence-corrected chi connectivity index (χ2v) is 13.9. The fraction of sp³-hybridized carbons (Fsp3) is 0.520. The van der Waals surface area contributed by atoms with Crippen molar-refractivity contribution in [2.45, 2.75) is 92.2 Å². The first-order valence-corrected chi connectivity index (χ1v) is 12.1. The molecule has 2 heterocycles. The summed E-state index contributed by atoms with van der Waals surface area (Å²) in [6.07, 6.45) is 0.968. The Labute approximate surface area is 185 Å². The summed E-state index contributed by atoms with van der Waals surface area (Å²) >= 11 is 3.98. The molecule has 2 nitrogen and oxygen atoms in total. The maximum Gasteiger partial charge on any atom is 0.0483 e. The van der Waals surface area contributed by atoms with Gasteiger partial charge < -0.3 is 10.6 Å². The van der Waals surface area contributed by atoms with E-state index in [1.807, 2.05) is 23.5 Å². The third-order valence-electron chi connectivity index (χ3n) is 7.14. The van der Waals surface area contributed by atoms with Gasteiger partial charge in [0.25, 0.3) is 0 Å². The average Bonchev–Trinajstić information content (AvgIpc) is 2.56. The van der Waals surface area contributed by atoms with Crippen LogP contribution in [-0.4, -0.2) is 20.6 Å². The Kier molecular flexibility index (Phi) is 4.79. The molecule has 0 amide bonds. The van der Waals surface area contributed by atoms with Crippen LogP contribution in [0.5, 0.6) is 0 Å². The van der Waals surface area contributed by atoms with E-state index in [2.05, 4.69) is 102 Å². The minimum atomic E-state index is 0.0650. The number of hydrogen-bond donors (Lipinski definition) is 2. The van der Waals surface area contributed by atoms with E-state index in [1.165, 1.54) is 32.3 Å². The molecule has 156 valence electrons. The molecule has 2 N–H and O–H groups in total. The maximum absolute atomic E-state index is 3.74. The monoisotopic (exact) mass is 426 g/mol. The third-order valence-corrected chi connectivity index (χ3v) is 10.3. The lowest BCUT2D eigenvalue weighted by Crippen LogP contribution is -2.51. The molecule has 0 saturated heterocycles. The average molecular weight is 427 g/mol. The van der Waals surface area contributed by atoms with E-state index >= 15 is 0 Å². The Hall–Kier alpha value is -1.26. The molecule has 0 atom stereocenters. The van der Waals surface area contributed by atoms with Crippen LogP contribution in [0.1, 0.15) is 66.5 Å². The van der Waals surface area contributed by atoms with Gasteiger partial charge in [-0.2, -0.15) is 0 Å². The van der Waals surface area contributed by atoms with Crippen molar-refractivity contribution in [3.8, 4) is 0 Å². The molecule has 0 radical (unpaired) electrons. The summed E-state index contributed by atoms with van der Waals surface area (Å²) in [6, 6.07) is 13.8. The van der Waals surface area contributed by atoms with Gasteiger partial charge >= 0.3 is 0 Å². The number of rotatable bonds is 2. The van der Waals surface area contributed by atoms with E-state index in [9.17, 15) is 0 Å². The van der Waals surface area contributed by atoms with E-state index < -0.39 is 0 Å². The van der Waals surface area contributed by atoms with Crippen LogP contribution < -0.4 is 10.6 Å². The lowest BCUT2D eigenvalue weighted by atomic mass is 9.88. The summed E-state index contributed by atoms with van der Waals surface area (Å²) in [4.78, 5) is 2.73. The highest BCUT2D eigenvalue weighted by atomic mass is 32.2. The zero-order valence-corrected chi connectivity index (χ0v) is 20.6. The van der Waals surface area contributed by atoms with Crippen molar-refractivity contribution in [3.63, 3.8) is 0 Å². The van der Waals surface area contributed by atoms with Crippen LogP contribution in [0.4, 0.5) is 11.4 Å². The van der Waals surface area contributed by atoms with Gasteiger partial charge in [0.2, 0.25) is 0 Å². The van der Waals surface area contributed by atoms with E-state index in [1.54, 1.807) is 0 Å². The van der Waals surface area contributed by atoms with Gasteiger partial charge in [-0.05, 0) is 97.2 Å². The Bertz CT molecular complexity index is 880. The quantitative estimate of drug-likeness (QED) is 0.521. The summed E-state index contributed by atoms with van der Waals surface area (Å²) in [5.41, 5.74) is 5.41.